The zero-order valence-corrected chi connectivity index (χ0v) is 7.16. The maximum Gasteiger partial charge on any atom is 0.249 e. The van der Waals surface area contributed by atoms with Gasteiger partial charge in [-0.15, -0.1) is 0 Å². The first-order chi connectivity index (χ1) is 4.90. The van der Waals surface area contributed by atoms with Crippen molar-refractivity contribution in [3.05, 3.63) is 0 Å². The Morgan fingerprint density at radius 2 is 1.73 bits per heavy atom. The monoisotopic (exact) mass is 164 g/mol. The first-order valence-electron chi connectivity index (χ1n) is 3.76. The molecule has 11 heavy (non-hydrogen) atoms. The molecule has 0 atom stereocenters. The summed E-state index contributed by atoms with van der Waals surface area (Å²) in [5, 5.41) is 0. The van der Waals surface area contributed by atoms with E-state index in [1.54, 1.807) is 0 Å². The lowest BCUT2D eigenvalue weighted by Crippen LogP contribution is -2.56. The van der Waals surface area contributed by atoms with E-state index < -0.39 is 11.8 Å². The van der Waals surface area contributed by atoms with E-state index in [2.05, 4.69) is 0 Å². The Morgan fingerprint density at radius 1 is 1.27 bits per heavy atom. The van der Waals surface area contributed by atoms with Gasteiger partial charge in [0, 0.05) is 0 Å². The van der Waals surface area contributed by atoms with Crippen LogP contribution in [0.15, 0.2) is 0 Å². The molecule has 0 amide bonds. The van der Waals surface area contributed by atoms with Gasteiger partial charge < -0.3 is 4.74 Å². The van der Waals surface area contributed by atoms with E-state index >= 15 is 0 Å². The number of ether oxygens (including phenoxy) is 1. The number of halogens is 2. The molecule has 1 heterocycles. The molecular formula is C8H14F2O. The fourth-order valence-corrected chi connectivity index (χ4v) is 1.21. The second kappa shape index (κ2) is 2.41. The number of hydrogen-bond acceptors (Lipinski definition) is 1. The molecule has 0 spiro atoms. The van der Waals surface area contributed by atoms with Gasteiger partial charge in [0.2, 0.25) is 6.43 Å². The summed E-state index contributed by atoms with van der Waals surface area (Å²) in [7, 11) is 0. The molecule has 0 aromatic rings. The molecule has 1 rings (SSSR count). The van der Waals surface area contributed by atoms with Crippen LogP contribution in [0.5, 0.6) is 0 Å². The third-order valence-corrected chi connectivity index (χ3v) is 2.63. The summed E-state index contributed by atoms with van der Waals surface area (Å²) in [6.07, 6.45) is -2.27. The van der Waals surface area contributed by atoms with E-state index in [4.69, 9.17) is 4.74 Å². The van der Waals surface area contributed by atoms with Crippen molar-refractivity contribution in [3.8, 4) is 0 Å². The molecule has 0 unspecified atom stereocenters. The summed E-state index contributed by atoms with van der Waals surface area (Å²) >= 11 is 0. The summed E-state index contributed by atoms with van der Waals surface area (Å²) < 4.78 is 29.9. The molecule has 66 valence electrons. The molecule has 3 heteroatoms. The largest absolute Gasteiger partial charge is 0.380 e. The molecule has 0 saturated carbocycles. The third-order valence-electron chi connectivity index (χ3n) is 2.63. The minimum absolute atomic E-state index is 0.203. The molecule has 1 saturated heterocycles. The smallest absolute Gasteiger partial charge is 0.249 e. The molecule has 1 fully saturated rings. The molecular weight excluding hydrogens is 150 g/mol. The van der Waals surface area contributed by atoms with Crippen LogP contribution in [0.3, 0.4) is 0 Å². The maximum atomic E-state index is 12.6. The SMILES string of the molecule is CC(C)(C)C1(C(F)F)COC1. The highest BCUT2D eigenvalue weighted by Gasteiger charge is 2.55. The summed E-state index contributed by atoms with van der Waals surface area (Å²) in [6.45, 7) is 5.91. The lowest BCUT2D eigenvalue weighted by atomic mass is 9.65. The highest BCUT2D eigenvalue weighted by Crippen LogP contribution is 2.48. The zero-order valence-electron chi connectivity index (χ0n) is 7.16. The van der Waals surface area contributed by atoms with Crippen LogP contribution in [0, 0.1) is 10.8 Å². The average molecular weight is 164 g/mol. The van der Waals surface area contributed by atoms with E-state index in [1.807, 2.05) is 20.8 Å². The van der Waals surface area contributed by atoms with Crippen LogP contribution in [0.4, 0.5) is 8.78 Å². The Labute approximate surface area is 65.7 Å². The molecule has 1 aliphatic rings. The number of rotatable bonds is 1. The van der Waals surface area contributed by atoms with Gasteiger partial charge in [-0.05, 0) is 5.41 Å². The van der Waals surface area contributed by atoms with Crippen molar-refractivity contribution >= 4 is 0 Å². The quantitative estimate of drug-likeness (QED) is 0.578. The van der Waals surface area contributed by atoms with Gasteiger partial charge in [-0.2, -0.15) is 0 Å². The van der Waals surface area contributed by atoms with Crippen LogP contribution in [-0.2, 0) is 4.74 Å². The molecule has 0 aliphatic carbocycles. The summed E-state index contributed by atoms with van der Waals surface area (Å²) in [6, 6.07) is 0. The Hall–Kier alpha value is -0.180. The molecule has 0 aromatic carbocycles. The summed E-state index contributed by atoms with van der Waals surface area (Å²) in [4.78, 5) is 0. The molecule has 0 bridgehead atoms. The summed E-state index contributed by atoms with van der Waals surface area (Å²) in [5.41, 5.74) is -1.26. The first-order valence-corrected chi connectivity index (χ1v) is 3.76. The lowest BCUT2D eigenvalue weighted by Gasteiger charge is -2.50. The van der Waals surface area contributed by atoms with Crippen molar-refractivity contribution in [2.45, 2.75) is 27.2 Å². The second-order valence-electron chi connectivity index (χ2n) is 4.20. The van der Waals surface area contributed by atoms with Crippen LogP contribution in [0.1, 0.15) is 20.8 Å². The normalized spacial score (nSPS) is 23.5. The van der Waals surface area contributed by atoms with Gasteiger partial charge in [-0.1, -0.05) is 20.8 Å². The molecule has 1 aliphatic heterocycles. The standard InChI is InChI=1S/C8H14F2O/c1-7(2,3)8(6(9)10)4-11-5-8/h6H,4-5H2,1-3H3. The van der Waals surface area contributed by atoms with E-state index in [0.29, 0.717) is 0 Å². The Bertz CT molecular complexity index is 145. The number of hydrogen-bond donors (Lipinski definition) is 0. The van der Waals surface area contributed by atoms with Crippen LogP contribution in [0.2, 0.25) is 0 Å². The Kier molecular flexibility index (Phi) is 1.95. The van der Waals surface area contributed by atoms with Crippen LogP contribution >= 0.6 is 0 Å². The van der Waals surface area contributed by atoms with Gasteiger partial charge in [-0.3, -0.25) is 0 Å². The summed E-state index contributed by atoms with van der Waals surface area (Å²) in [5.74, 6) is 0. The fourth-order valence-electron chi connectivity index (χ4n) is 1.21. The Morgan fingerprint density at radius 3 is 1.73 bits per heavy atom. The molecule has 1 nitrogen and oxygen atoms in total. The predicted octanol–water partition coefficient (Wildman–Crippen LogP) is 2.31. The maximum absolute atomic E-state index is 12.6. The highest BCUT2D eigenvalue weighted by molar-refractivity contribution is 4.97. The van der Waals surface area contributed by atoms with Crippen LogP contribution in [-0.4, -0.2) is 19.6 Å². The van der Waals surface area contributed by atoms with E-state index in [9.17, 15) is 8.78 Å². The van der Waals surface area contributed by atoms with Gasteiger partial charge in [0.05, 0.1) is 18.6 Å². The van der Waals surface area contributed by atoms with Gasteiger partial charge >= 0.3 is 0 Å². The third kappa shape index (κ3) is 1.15. The first kappa shape index (κ1) is 8.91. The number of alkyl halides is 2. The second-order valence-corrected chi connectivity index (χ2v) is 4.20. The van der Waals surface area contributed by atoms with Gasteiger partial charge in [-0.25, -0.2) is 8.78 Å². The van der Waals surface area contributed by atoms with Crippen LogP contribution in [0.25, 0.3) is 0 Å². The average Bonchev–Trinajstić information content (AvgIpc) is 1.52. The minimum atomic E-state index is -2.27. The van der Waals surface area contributed by atoms with E-state index in [-0.39, 0.29) is 18.6 Å². The van der Waals surface area contributed by atoms with Gasteiger partial charge in [0.25, 0.3) is 0 Å². The predicted molar refractivity (Wildman–Crippen MR) is 38.7 cm³/mol. The van der Waals surface area contributed by atoms with Crippen molar-refractivity contribution in [2.75, 3.05) is 13.2 Å². The van der Waals surface area contributed by atoms with Crippen molar-refractivity contribution < 1.29 is 13.5 Å². The van der Waals surface area contributed by atoms with Gasteiger partial charge in [0.15, 0.2) is 0 Å². The van der Waals surface area contributed by atoms with Crippen molar-refractivity contribution in [2.24, 2.45) is 10.8 Å². The van der Waals surface area contributed by atoms with E-state index in [0.717, 1.165) is 0 Å². The topological polar surface area (TPSA) is 9.23 Å². The lowest BCUT2D eigenvalue weighted by molar-refractivity contribution is -0.234. The zero-order chi connectivity index (χ0) is 8.70. The molecule has 0 aromatic heterocycles. The Balaban J connectivity index is 2.76. The van der Waals surface area contributed by atoms with Gasteiger partial charge in [0.1, 0.15) is 0 Å². The molecule has 0 N–H and O–H groups in total. The fraction of sp³-hybridized carbons (Fsp3) is 1.00. The van der Waals surface area contributed by atoms with E-state index in [1.165, 1.54) is 0 Å². The minimum Gasteiger partial charge on any atom is -0.380 e. The van der Waals surface area contributed by atoms with Crippen molar-refractivity contribution in [1.29, 1.82) is 0 Å². The van der Waals surface area contributed by atoms with Crippen LogP contribution < -0.4 is 0 Å². The molecule has 0 radical (unpaired) electrons. The van der Waals surface area contributed by atoms with Crippen molar-refractivity contribution in [1.82, 2.24) is 0 Å². The highest BCUT2D eigenvalue weighted by atomic mass is 19.3. The van der Waals surface area contributed by atoms with Crippen molar-refractivity contribution in [3.63, 3.8) is 0 Å².